The molecule has 0 radical (unpaired) electrons. The van der Waals surface area contributed by atoms with Crippen molar-refractivity contribution in [3.8, 4) is 0 Å². The van der Waals surface area contributed by atoms with Crippen molar-refractivity contribution >= 4 is 29.2 Å². The Morgan fingerprint density at radius 1 is 1.11 bits per heavy atom. The van der Waals surface area contributed by atoms with E-state index in [0.29, 0.717) is 12.1 Å². The molecular formula is C18H14ClF2N5O2. The number of hydrogen-bond acceptors (Lipinski definition) is 4. The second kappa shape index (κ2) is 8.13. The molecule has 2 amide bonds. The summed E-state index contributed by atoms with van der Waals surface area (Å²) < 4.78 is 26.4. The predicted octanol–water partition coefficient (Wildman–Crippen LogP) is 3.23. The average molecular weight is 406 g/mol. The highest BCUT2D eigenvalue weighted by molar-refractivity contribution is 6.34. The van der Waals surface area contributed by atoms with Crippen LogP contribution in [0.15, 0.2) is 36.7 Å². The molecule has 3 N–H and O–H groups in total. The van der Waals surface area contributed by atoms with Crippen molar-refractivity contribution in [2.75, 3.05) is 5.32 Å². The highest BCUT2D eigenvalue weighted by Gasteiger charge is 2.17. The van der Waals surface area contributed by atoms with E-state index in [1.807, 2.05) is 13.0 Å². The molecule has 0 bridgehead atoms. The van der Waals surface area contributed by atoms with E-state index >= 15 is 0 Å². The lowest BCUT2D eigenvalue weighted by Gasteiger charge is -2.05. The van der Waals surface area contributed by atoms with Gasteiger partial charge in [0.05, 0.1) is 10.6 Å². The van der Waals surface area contributed by atoms with Crippen LogP contribution < -0.4 is 10.6 Å². The van der Waals surface area contributed by atoms with E-state index in [9.17, 15) is 18.4 Å². The molecule has 0 aliphatic carbocycles. The molecule has 2 heterocycles. The molecule has 0 saturated heterocycles. The SMILES string of the molecule is Cc1cncc(CNC(=O)c2cc(NC(=O)c3cc(F)c(F)cc3Cl)n[nH]2)c1. The summed E-state index contributed by atoms with van der Waals surface area (Å²) in [5, 5.41) is 11.1. The number of benzene rings is 1. The third kappa shape index (κ3) is 4.49. The Balaban J connectivity index is 1.64. The minimum Gasteiger partial charge on any atom is -0.347 e. The van der Waals surface area contributed by atoms with Crippen LogP contribution in [0, 0.1) is 18.6 Å². The largest absolute Gasteiger partial charge is 0.347 e. The third-order valence-electron chi connectivity index (χ3n) is 3.70. The van der Waals surface area contributed by atoms with Crippen LogP contribution in [-0.4, -0.2) is 27.0 Å². The number of pyridine rings is 1. The van der Waals surface area contributed by atoms with Crippen LogP contribution >= 0.6 is 11.6 Å². The van der Waals surface area contributed by atoms with Gasteiger partial charge in [-0.05, 0) is 30.2 Å². The molecule has 0 spiro atoms. The lowest BCUT2D eigenvalue weighted by Crippen LogP contribution is -2.23. The van der Waals surface area contributed by atoms with E-state index in [1.165, 1.54) is 6.07 Å². The van der Waals surface area contributed by atoms with Crippen molar-refractivity contribution in [2.45, 2.75) is 13.5 Å². The summed E-state index contributed by atoms with van der Waals surface area (Å²) in [4.78, 5) is 28.4. The number of H-pyrrole nitrogens is 1. The summed E-state index contributed by atoms with van der Waals surface area (Å²) in [5.41, 5.74) is 1.64. The maximum atomic E-state index is 13.3. The van der Waals surface area contributed by atoms with Gasteiger partial charge in [0.1, 0.15) is 5.69 Å². The average Bonchev–Trinajstić information content (AvgIpc) is 3.11. The molecule has 3 rings (SSSR count). The first kappa shape index (κ1) is 19.4. The van der Waals surface area contributed by atoms with Crippen LogP contribution in [0.2, 0.25) is 5.02 Å². The van der Waals surface area contributed by atoms with Gasteiger partial charge >= 0.3 is 0 Å². The predicted molar refractivity (Wildman–Crippen MR) is 98.1 cm³/mol. The van der Waals surface area contributed by atoms with Gasteiger partial charge < -0.3 is 10.6 Å². The fourth-order valence-corrected chi connectivity index (χ4v) is 2.61. The van der Waals surface area contributed by atoms with Crippen molar-refractivity contribution in [1.82, 2.24) is 20.5 Å². The van der Waals surface area contributed by atoms with Crippen LogP contribution in [0.3, 0.4) is 0 Å². The normalized spacial score (nSPS) is 10.6. The summed E-state index contributed by atoms with van der Waals surface area (Å²) >= 11 is 5.76. The first-order valence-corrected chi connectivity index (χ1v) is 8.41. The smallest absolute Gasteiger partial charge is 0.269 e. The second-order valence-corrected chi connectivity index (χ2v) is 6.33. The van der Waals surface area contributed by atoms with Gasteiger partial charge in [0.2, 0.25) is 0 Å². The van der Waals surface area contributed by atoms with Crippen LogP contribution in [0.1, 0.15) is 32.0 Å². The van der Waals surface area contributed by atoms with Crippen molar-refractivity contribution in [1.29, 1.82) is 0 Å². The van der Waals surface area contributed by atoms with Gasteiger partial charge in [-0.15, -0.1) is 0 Å². The van der Waals surface area contributed by atoms with E-state index in [4.69, 9.17) is 11.6 Å². The van der Waals surface area contributed by atoms with Gasteiger partial charge in [0, 0.05) is 25.0 Å². The lowest BCUT2D eigenvalue weighted by molar-refractivity contribution is 0.0945. The Morgan fingerprint density at radius 2 is 1.86 bits per heavy atom. The Morgan fingerprint density at radius 3 is 2.61 bits per heavy atom. The minimum absolute atomic E-state index is 0.0215. The number of carbonyl (C=O) groups is 2. The number of halogens is 3. The number of aryl methyl sites for hydroxylation is 1. The molecule has 0 atom stereocenters. The fraction of sp³-hybridized carbons (Fsp3) is 0.111. The maximum absolute atomic E-state index is 13.3. The standard InChI is InChI=1S/C18H14ClF2N5O2/c1-9-2-10(7-22-6-9)8-23-18(28)15-5-16(26-25-15)24-17(27)11-3-13(20)14(21)4-12(11)19/h2-7H,8H2,1H3,(H,23,28)(H2,24,25,26,27). The highest BCUT2D eigenvalue weighted by Crippen LogP contribution is 2.21. The molecule has 2 aromatic heterocycles. The number of anilines is 1. The molecule has 28 heavy (non-hydrogen) atoms. The van der Waals surface area contributed by atoms with E-state index in [2.05, 4.69) is 25.8 Å². The summed E-state index contributed by atoms with van der Waals surface area (Å²) in [6.45, 7) is 2.15. The molecule has 0 aliphatic rings. The summed E-state index contributed by atoms with van der Waals surface area (Å²) in [6.07, 6.45) is 3.34. The number of aromatic nitrogens is 3. The molecule has 0 saturated carbocycles. The van der Waals surface area contributed by atoms with Gasteiger partial charge in [-0.2, -0.15) is 5.10 Å². The van der Waals surface area contributed by atoms with E-state index in [0.717, 1.165) is 11.1 Å². The number of nitrogens with zero attached hydrogens (tertiary/aromatic N) is 2. The number of aromatic amines is 1. The molecule has 3 aromatic rings. The summed E-state index contributed by atoms with van der Waals surface area (Å²) in [6, 6.07) is 4.57. The number of nitrogens with one attached hydrogen (secondary N) is 3. The van der Waals surface area contributed by atoms with Crippen molar-refractivity contribution < 1.29 is 18.4 Å². The number of carbonyl (C=O) groups excluding carboxylic acids is 2. The second-order valence-electron chi connectivity index (χ2n) is 5.92. The van der Waals surface area contributed by atoms with E-state index in [1.54, 1.807) is 12.4 Å². The van der Waals surface area contributed by atoms with Crippen LogP contribution in [0.25, 0.3) is 0 Å². The van der Waals surface area contributed by atoms with E-state index < -0.39 is 23.4 Å². The van der Waals surface area contributed by atoms with Gasteiger partial charge in [-0.1, -0.05) is 17.7 Å². The van der Waals surface area contributed by atoms with Gasteiger partial charge in [0.25, 0.3) is 11.8 Å². The quantitative estimate of drug-likeness (QED) is 0.567. The third-order valence-corrected chi connectivity index (χ3v) is 4.02. The number of amides is 2. The zero-order valence-electron chi connectivity index (χ0n) is 14.5. The van der Waals surface area contributed by atoms with Crippen molar-refractivity contribution in [3.63, 3.8) is 0 Å². The molecule has 0 aliphatic heterocycles. The number of hydrogen-bond donors (Lipinski definition) is 3. The van der Waals surface area contributed by atoms with Crippen LogP contribution in [0.4, 0.5) is 14.6 Å². The topological polar surface area (TPSA) is 99.8 Å². The van der Waals surface area contributed by atoms with Gasteiger partial charge in [0.15, 0.2) is 17.5 Å². The molecular weight excluding hydrogens is 392 g/mol. The monoisotopic (exact) mass is 405 g/mol. The van der Waals surface area contributed by atoms with Crippen molar-refractivity contribution in [2.24, 2.45) is 0 Å². The molecule has 0 fully saturated rings. The Kier molecular flexibility index (Phi) is 5.65. The highest BCUT2D eigenvalue weighted by atomic mass is 35.5. The Hall–Kier alpha value is -3.33. The molecule has 10 heteroatoms. The summed E-state index contributed by atoms with van der Waals surface area (Å²) in [5.74, 6) is -3.59. The molecule has 1 aromatic carbocycles. The molecule has 7 nitrogen and oxygen atoms in total. The van der Waals surface area contributed by atoms with E-state index in [-0.39, 0.29) is 28.6 Å². The van der Waals surface area contributed by atoms with Crippen LogP contribution in [0.5, 0.6) is 0 Å². The van der Waals surface area contributed by atoms with Gasteiger partial charge in [-0.25, -0.2) is 8.78 Å². The summed E-state index contributed by atoms with van der Waals surface area (Å²) in [7, 11) is 0. The zero-order chi connectivity index (χ0) is 20.3. The first-order chi connectivity index (χ1) is 13.3. The number of rotatable bonds is 5. The Labute approximate surface area is 163 Å². The fourth-order valence-electron chi connectivity index (χ4n) is 2.37. The maximum Gasteiger partial charge on any atom is 0.269 e. The van der Waals surface area contributed by atoms with Gasteiger partial charge in [-0.3, -0.25) is 19.7 Å². The minimum atomic E-state index is -1.21. The molecule has 144 valence electrons. The zero-order valence-corrected chi connectivity index (χ0v) is 15.3. The van der Waals surface area contributed by atoms with Crippen molar-refractivity contribution in [3.05, 3.63) is 75.7 Å². The molecule has 0 unspecified atom stereocenters. The first-order valence-electron chi connectivity index (χ1n) is 8.03. The Bertz CT molecular complexity index is 1050. The van der Waals surface area contributed by atoms with Crippen LogP contribution in [-0.2, 0) is 6.54 Å². The lowest BCUT2D eigenvalue weighted by atomic mass is 10.2.